The molecule has 1 N–H and O–H groups in total. The monoisotopic (exact) mass is 377 g/mol. The highest BCUT2D eigenvalue weighted by atomic mass is 35.5. The van der Waals surface area contributed by atoms with E-state index < -0.39 is 4.92 Å². The zero-order chi connectivity index (χ0) is 17.9. The van der Waals surface area contributed by atoms with E-state index in [0.717, 1.165) is 16.5 Å². The molecule has 4 rings (SSSR count). The van der Waals surface area contributed by atoms with E-state index in [2.05, 4.69) is 15.3 Å². The summed E-state index contributed by atoms with van der Waals surface area (Å²) in [5.41, 5.74) is 2.33. The van der Waals surface area contributed by atoms with Crippen molar-refractivity contribution in [2.45, 2.75) is 0 Å². The Morgan fingerprint density at radius 3 is 2.37 bits per heavy atom. The van der Waals surface area contributed by atoms with E-state index in [0.29, 0.717) is 17.3 Å². The van der Waals surface area contributed by atoms with Gasteiger partial charge in [-0.3, -0.25) is 10.1 Å². The number of para-hydroxylation sites is 1. The molecular formula is C20H14ClN4O2-. The van der Waals surface area contributed by atoms with Gasteiger partial charge in [0.05, 0.1) is 10.4 Å². The predicted molar refractivity (Wildman–Crippen MR) is 101 cm³/mol. The summed E-state index contributed by atoms with van der Waals surface area (Å²) < 4.78 is 0. The van der Waals surface area contributed by atoms with Crippen molar-refractivity contribution in [3.05, 3.63) is 89.0 Å². The first-order valence-corrected chi connectivity index (χ1v) is 8.04. The third-order valence-corrected chi connectivity index (χ3v) is 3.95. The molecule has 0 atom stereocenters. The molecule has 0 aliphatic carbocycles. The Balaban J connectivity index is 0.00000210. The first-order valence-electron chi connectivity index (χ1n) is 8.04. The van der Waals surface area contributed by atoms with Crippen LogP contribution in [0.2, 0.25) is 0 Å². The van der Waals surface area contributed by atoms with E-state index in [-0.39, 0.29) is 18.1 Å². The maximum absolute atomic E-state index is 11.0. The van der Waals surface area contributed by atoms with Crippen molar-refractivity contribution in [2.24, 2.45) is 0 Å². The summed E-state index contributed by atoms with van der Waals surface area (Å²) in [6, 6.07) is 23.7. The average molecular weight is 378 g/mol. The van der Waals surface area contributed by atoms with Crippen molar-refractivity contribution >= 4 is 28.1 Å². The first-order chi connectivity index (χ1) is 12.7. The normalized spacial score (nSPS) is 10.2. The van der Waals surface area contributed by atoms with Crippen LogP contribution in [0.5, 0.6) is 0 Å². The van der Waals surface area contributed by atoms with Crippen molar-refractivity contribution in [3.8, 4) is 11.4 Å². The molecule has 7 heteroatoms. The molecule has 0 saturated carbocycles. The quantitative estimate of drug-likeness (QED) is 0.434. The summed E-state index contributed by atoms with van der Waals surface area (Å²) in [4.78, 5) is 19.9. The number of rotatable bonds is 4. The molecule has 1 aromatic heterocycles. The van der Waals surface area contributed by atoms with Crippen LogP contribution in [-0.4, -0.2) is 14.9 Å². The molecule has 0 aliphatic rings. The number of nitrogens with one attached hydrogen (secondary N) is 1. The Kier molecular flexibility index (Phi) is 5.28. The Hall–Kier alpha value is -3.51. The molecule has 0 fully saturated rings. The van der Waals surface area contributed by atoms with Crippen molar-refractivity contribution in [2.75, 3.05) is 5.32 Å². The minimum Gasteiger partial charge on any atom is -1.00 e. The van der Waals surface area contributed by atoms with Crippen LogP contribution < -0.4 is 17.7 Å². The molecule has 0 saturated heterocycles. The zero-order valence-corrected chi connectivity index (χ0v) is 14.8. The summed E-state index contributed by atoms with van der Waals surface area (Å²) >= 11 is 0. The number of hydrogen-bond donors (Lipinski definition) is 1. The zero-order valence-electron chi connectivity index (χ0n) is 14.0. The first kappa shape index (κ1) is 18.3. The lowest BCUT2D eigenvalue weighted by Crippen LogP contribution is -3.00. The standard InChI is InChI=1S/C20H14N4O2.ClH/c25-24(26)16-10-6-9-15(13-16)21-20-17-11-4-5-12-18(17)22-19(23-20)14-7-2-1-3-8-14;/h1-13H,(H,21,22,23);1H/p-1. The van der Waals surface area contributed by atoms with Crippen molar-refractivity contribution in [3.63, 3.8) is 0 Å². The number of fused-ring (bicyclic) bond motifs is 1. The fourth-order valence-electron chi connectivity index (χ4n) is 2.72. The molecule has 6 nitrogen and oxygen atoms in total. The van der Waals surface area contributed by atoms with Gasteiger partial charge < -0.3 is 17.7 Å². The Bertz CT molecular complexity index is 1100. The molecular weight excluding hydrogens is 364 g/mol. The number of benzene rings is 3. The molecule has 0 spiro atoms. The van der Waals surface area contributed by atoms with Gasteiger partial charge in [0.2, 0.25) is 0 Å². The van der Waals surface area contributed by atoms with Crippen molar-refractivity contribution < 1.29 is 17.3 Å². The van der Waals surface area contributed by atoms with E-state index >= 15 is 0 Å². The van der Waals surface area contributed by atoms with E-state index in [1.165, 1.54) is 12.1 Å². The molecule has 0 amide bonds. The van der Waals surface area contributed by atoms with E-state index in [4.69, 9.17) is 0 Å². The molecule has 27 heavy (non-hydrogen) atoms. The molecule has 4 aromatic rings. The van der Waals surface area contributed by atoms with Crippen LogP contribution in [0.4, 0.5) is 17.2 Å². The van der Waals surface area contributed by atoms with Crippen molar-refractivity contribution in [1.29, 1.82) is 0 Å². The molecule has 3 aromatic carbocycles. The summed E-state index contributed by atoms with van der Waals surface area (Å²) in [7, 11) is 0. The molecule has 0 radical (unpaired) electrons. The van der Waals surface area contributed by atoms with Gasteiger partial charge in [-0.1, -0.05) is 48.5 Å². The van der Waals surface area contributed by atoms with Gasteiger partial charge in [-0.05, 0) is 18.2 Å². The van der Waals surface area contributed by atoms with Crippen LogP contribution >= 0.6 is 0 Å². The summed E-state index contributed by atoms with van der Waals surface area (Å²) in [5, 5.41) is 15.1. The molecule has 0 bridgehead atoms. The van der Waals surface area contributed by atoms with E-state index in [1.54, 1.807) is 12.1 Å². The van der Waals surface area contributed by atoms with Crippen LogP contribution in [0.1, 0.15) is 0 Å². The maximum Gasteiger partial charge on any atom is 0.271 e. The van der Waals surface area contributed by atoms with Gasteiger partial charge in [-0.2, -0.15) is 0 Å². The van der Waals surface area contributed by atoms with Gasteiger partial charge in [-0.15, -0.1) is 0 Å². The fraction of sp³-hybridized carbons (Fsp3) is 0. The van der Waals surface area contributed by atoms with Crippen LogP contribution in [-0.2, 0) is 0 Å². The lowest BCUT2D eigenvalue weighted by Gasteiger charge is -2.11. The minimum atomic E-state index is -0.418. The summed E-state index contributed by atoms with van der Waals surface area (Å²) in [6.45, 7) is 0. The summed E-state index contributed by atoms with van der Waals surface area (Å²) in [6.07, 6.45) is 0. The predicted octanol–water partition coefficient (Wildman–Crippen LogP) is 1.95. The molecule has 0 unspecified atom stereocenters. The second-order valence-electron chi connectivity index (χ2n) is 5.71. The van der Waals surface area contributed by atoms with Crippen LogP contribution in [0.25, 0.3) is 22.3 Å². The summed E-state index contributed by atoms with van der Waals surface area (Å²) in [5.74, 6) is 1.20. The molecule has 0 aliphatic heterocycles. The number of aromatic nitrogens is 2. The number of non-ortho nitro benzene ring substituents is 1. The van der Waals surface area contributed by atoms with Gasteiger partial charge in [0.1, 0.15) is 5.82 Å². The fourth-order valence-corrected chi connectivity index (χ4v) is 2.72. The third-order valence-electron chi connectivity index (χ3n) is 3.95. The van der Waals surface area contributed by atoms with Crippen LogP contribution in [0.3, 0.4) is 0 Å². The van der Waals surface area contributed by atoms with Crippen LogP contribution in [0, 0.1) is 10.1 Å². The lowest BCUT2D eigenvalue weighted by atomic mass is 10.2. The Morgan fingerprint density at radius 1 is 0.852 bits per heavy atom. The van der Waals surface area contributed by atoms with Gasteiger partial charge in [0, 0.05) is 28.8 Å². The molecule has 1 heterocycles. The highest BCUT2D eigenvalue weighted by Crippen LogP contribution is 2.28. The molecule has 134 valence electrons. The largest absolute Gasteiger partial charge is 1.00 e. The highest BCUT2D eigenvalue weighted by Gasteiger charge is 2.11. The number of hydrogen-bond acceptors (Lipinski definition) is 5. The smallest absolute Gasteiger partial charge is 0.271 e. The topological polar surface area (TPSA) is 81.0 Å². The lowest BCUT2D eigenvalue weighted by molar-refractivity contribution is -0.384. The Morgan fingerprint density at radius 2 is 1.59 bits per heavy atom. The number of nitro benzene ring substituents is 1. The van der Waals surface area contributed by atoms with Crippen molar-refractivity contribution in [1.82, 2.24) is 9.97 Å². The van der Waals surface area contributed by atoms with Crippen LogP contribution in [0.15, 0.2) is 78.9 Å². The van der Waals surface area contributed by atoms with Gasteiger partial charge in [0.25, 0.3) is 5.69 Å². The Labute approximate surface area is 161 Å². The average Bonchev–Trinajstić information content (AvgIpc) is 2.69. The number of nitro groups is 1. The highest BCUT2D eigenvalue weighted by molar-refractivity contribution is 5.92. The third kappa shape index (κ3) is 3.86. The van der Waals surface area contributed by atoms with E-state index in [1.807, 2.05) is 54.6 Å². The number of anilines is 2. The number of nitrogens with zero attached hydrogens (tertiary/aromatic N) is 3. The minimum absolute atomic E-state index is 0. The number of halogens is 1. The second-order valence-corrected chi connectivity index (χ2v) is 5.71. The second kappa shape index (κ2) is 7.80. The maximum atomic E-state index is 11.0. The van der Waals surface area contributed by atoms with Gasteiger partial charge >= 0.3 is 0 Å². The van der Waals surface area contributed by atoms with Gasteiger partial charge in [0.15, 0.2) is 5.82 Å². The van der Waals surface area contributed by atoms with E-state index in [9.17, 15) is 10.1 Å². The van der Waals surface area contributed by atoms with Gasteiger partial charge in [-0.25, -0.2) is 9.97 Å². The SMILES string of the molecule is O=[N+]([O-])c1cccc(Nc2nc(-c3ccccc3)nc3ccccc23)c1.[Cl-].